The van der Waals surface area contributed by atoms with Crippen molar-refractivity contribution in [1.29, 1.82) is 0 Å². The molecule has 0 saturated carbocycles. The van der Waals surface area contributed by atoms with Gasteiger partial charge in [-0.25, -0.2) is 0 Å². The van der Waals surface area contributed by atoms with Gasteiger partial charge in [-0.2, -0.15) is 0 Å². The van der Waals surface area contributed by atoms with Gasteiger partial charge in [-0.05, 0) is 0 Å². The number of carbonyl (C=O) groups is 2. The summed E-state index contributed by atoms with van der Waals surface area (Å²) in [5.74, 6) is -0.913. The first-order valence-electron chi connectivity index (χ1n) is 10.6. The molecule has 2 aromatic rings. The van der Waals surface area contributed by atoms with Crippen molar-refractivity contribution in [2.24, 2.45) is 0 Å². The van der Waals surface area contributed by atoms with Crippen molar-refractivity contribution in [2.45, 2.75) is 17.7 Å². The van der Waals surface area contributed by atoms with E-state index in [4.69, 9.17) is 7.56 Å². The molecule has 0 radical (unpaired) electrons. The number of benzene rings is 2. The van der Waals surface area contributed by atoms with Crippen LogP contribution in [0.5, 0.6) is 0 Å². The molecule has 0 aliphatic rings. The Morgan fingerprint density at radius 2 is 0.909 bits per heavy atom. The molecule has 0 aliphatic carbocycles. The zero-order chi connectivity index (χ0) is 24.2. The minimum absolute atomic E-state index is 0.398. The monoisotopic (exact) mass is 662 g/mol. The molecule has 0 unspecified atom stereocenters. The van der Waals surface area contributed by atoms with Gasteiger partial charge in [-0.3, -0.25) is 0 Å². The summed E-state index contributed by atoms with van der Waals surface area (Å²) in [7, 11) is 0. The van der Waals surface area contributed by atoms with Crippen LogP contribution in [0.15, 0.2) is 111 Å². The van der Waals surface area contributed by atoms with Crippen LogP contribution >= 0.6 is 0 Å². The summed E-state index contributed by atoms with van der Waals surface area (Å²) in [6.07, 6.45) is 6.81. The summed E-state index contributed by atoms with van der Waals surface area (Å²) in [6, 6.07) is 17.5. The average Bonchev–Trinajstić information content (AvgIpc) is 2.81. The van der Waals surface area contributed by atoms with Crippen LogP contribution in [0, 0.1) is 0 Å². The van der Waals surface area contributed by atoms with Crippen molar-refractivity contribution in [1.82, 2.24) is 0 Å². The summed E-state index contributed by atoms with van der Waals surface area (Å²) in [5, 5.41) is 0. The van der Waals surface area contributed by atoms with Crippen LogP contribution in [0.2, 0.25) is 17.7 Å². The van der Waals surface area contributed by atoms with E-state index in [0.29, 0.717) is 28.9 Å². The van der Waals surface area contributed by atoms with Gasteiger partial charge < -0.3 is 0 Å². The van der Waals surface area contributed by atoms with Gasteiger partial charge in [0.2, 0.25) is 0 Å². The molecule has 172 valence electrons. The van der Waals surface area contributed by atoms with Crippen LogP contribution in [0.3, 0.4) is 0 Å². The van der Waals surface area contributed by atoms with Crippen LogP contribution < -0.4 is 0 Å². The second kappa shape index (κ2) is 13.6. The third kappa shape index (κ3) is 8.01. The van der Waals surface area contributed by atoms with E-state index in [-0.39, 0.29) is 0 Å². The number of hydrogen-bond acceptors (Lipinski definition) is 5. The zero-order valence-corrected chi connectivity index (χ0v) is 24.5. The molecule has 0 aromatic heterocycles. The van der Waals surface area contributed by atoms with Crippen molar-refractivity contribution in [3.05, 3.63) is 122 Å². The van der Waals surface area contributed by atoms with Crippen molar-refractivity contribution >= 4 is 50.3 Å². The second-order valence-corrected chi connectivity index (χ2v) is 28.1. The standard InChI is InChI=1S/2C7H6O2.4C3H5.O.2Sn/c2*8-7(9)6-4-2-1-3-5-6;4*1-3-2;;;/h2*1-5H,(H,8,9);4*3H,1-2H2;;;/q;;;;;;;2*+1/p-2. The van der Waals surface area contributed by atoms with Gasteiger partial charge in [0.25, 0.3) is 0 Å². The van der Waals surface area contributed by atoms with Crippen LogP contribution in [0.1, 0.15) is 20.7 Å². The molecule has 5 nitrogen and oxygen atoms in total. The van der Waals surface area contributed by atoms with E-state index in [2.05, 4.69) is 26.3 Å². The van der Waals surface area contributed by atoms with Crippen LogP contribution in [-0.2, 0) is 7.56 Å². The first-order valence-corrected chi connectivity index (χ1v) is 23.4. The Kier molecular flexibility index (Phi) is 11.2. The average molecular weight is 660 g/mol. The maximum atomic E-state index is 13.0. The number of carbonyl (C=O) groups excluding carboxylic acids is 2. The normalized spacial score (nSPS) is 11.2. The van der Waals surface area contributed by atoms with Crippen molar-refractivity contribution in [3.63, 3.8) is 0 Å². The third-order valence-corrected chi connectivity index (χ3v) is 34.7. The summed E-state index contributed by atoms with van der Waals surface area (Å²) >= 11 is -8.48. The van der Waals surface area contributed by atoms with Crippen LogP contribution in [0.25, 0.3) is 0 Å². The molecule has 0 N–H and O–H groups in total. The second-order valence-electron chi connectivity index (χ2n) is 7.41. The molecule has 0 bridgehead atoms. The molecule has 0 fully saturated rings. The maximum absolute atomic E-state index is 13.0. The summed E-state index contributed by atoms with van der Waals surface area (Å²) < 4.78 is 20.7. The van der Waals surface area contributed by atoms with Crippen molar-refractivity contribution in [3.8, 4) is 0 Å². The van der Waals surface area contributed by atoms with Gasteiger partial charge in [-0.1, -0.05) is 0 Å². The Hall–Kier alpha value is -2.10. The zero-order valence-electron chi connectivity index (χ0n) is 18.8. The van der Waals surface area contributed by atoms with Gasteiger partial charge in [0.1, 0.15) is 0 Å². The Morgan fingerprint density at radius 3 is 1.18 bits per heavy atom. The Labute approximate surface area is 206 Å². The molecule has 0 atom stereocenters. The Balaban J connectivity index is 2.46. The Morgan fingerprint density at radius 1 is 0.606 bits per heavy atom. The van der Waals surface area contributed by atoms with Crippen molar-refractivity contribution in [2.75, 3.05) is 0 Å². The summed E-state index contributed by atoms with van der Waals surface area (Å²) in [5.41, 5.74) is 0.870. The van der Waals surface area contributed by atoms with Gasteiger partial charge in [0.05, 0.1) is 0 Å². The topological polar surface area (TPSA) is 61.8 Å². The van der Waals surface area contributed by atoms with Gasteiger partial charge in [0, 0.05) is 0 Å². The number of hydrogen-bond donors (Lipinski definition) is 0. The van der Waals surface area contributed by atoms with Crippen LogP contribution in [0.4, 0.5) is 0 Å². The number of allylic oxidation sites excluding steroid dienone is 4. The van der Waals surface area contributed by atoms with E-state index in [1.165, 1.54) is 0 Å². The predicted molar refractivity (Wildman–Crippen MR) is 136 cm³/mol. The fourth-order valence-electron chi connectivity index (χ4n) is 3.36. The summed E-state index contributed by atoms with van der Waals surface area (Å²) in [6.45, 7) is 15.4. The first-order chi connectivity index (χ1) is 15.9. The van der Waals surface area contributed by atoms with E-state index in [9.17, 15) is 9.59 Å². The molecule has 0 amide bonds. The SMILES string of the molecule is C=C[CH2][Sn]([CH2]C=C)([O]C(=O)c1ccccc1)[O][Sn]([CH2]C=C)([CH2]C=C)[O]C(=O)c1ccccc1. The quantitative estimate of drug-likeness (QED) is 0.175. The predicted octanol–water partition coefficient (Wildman–Crippen LogP) is 6.35. The first kappa shape index (κ1) is 27.1. The minimum atomic E-state index is -4.24. The van der Waals surface area contributed by atoms with Gasteiger partial charge in [-0.15, -0.1) is 0 Å². The van der Waals surface area contributed by atoms with Crippen LogP contribution in [-0.4, -0.2) is 50.3 Å². The third-order valence-electron chi connectivity index (χ3n) is 4.77. The molecule has 0 spiro atoms. The van der Waals surface area contributed by atoms with E-state index in [0.717, 1.165) is 0 Å². The molecule has 0 heterocycles. The molecule has 0 aliphatic heterocycles. The van der Waals surface area contributed by atoms with E-state index < -0.39 is 50.3 Å². The fraction of sp³-hybridized carbons (Fsp3) is 0.154. The molecule has 33 heavy (non-hydrogen) atoms. The molecule has 2 aromatic carbocycles. The van der Waals surface area contributed by atoms with E-state index >= 15 is 0 Å². The van der Waals surface area contributed by atoms with Crippen molar-refractivity contribution < 1.29 is 17.1 Å². The molecule has 7 heteroatoms. The van der Waals surface area contributed by atoms with Gasteiger partial charge in [0.15, 0.2) is 0 Å². The summed E-state index contributed by atoms with van der Waals surface area (Å²) in [4.78, 5) is 26.0. The van der Waals surface area contributed by atoms with E-state index in [1.54, 1.807) is 72.8 Å². The molecule has 2 rings (SSSR count). The molecular weight excluding hydrogens is 630 g/mol. The number of rotatable bonds is 14. The fourth-order valence-corrected chi connectivity index (χ4v) is 37.0. The molecular formula is C26H30O5Sn2. The van der Waals surface area contributed by atoms with E-state index in [1.807, 2.05) is 12.1 Å². The van der Waals surface area contributed by atoms with Gasteiger partial charge >= 0.3 is 208 Å². The Bertz CT molecular complexity index is 873. The molecule has 0 saturated heterocycles.